The summed E-state index contributed by atoms with van der Waals surface area (Å²) in [7, 11) is 0. The maximum atomic E-state index is 12.2. The molecule has 1 aromatic rings. The largest absolute Gasteiger partial charge is 0.397 e. The van der Waals surface area contributed by atoms with Crippen molar-refractivity contribution in [2.24, 2.45) is 11.8 Å². The molecule has 1 saturated carbocycles. The molecule has 0 aliphatic heterocycles. The summed E-state index contributed by atoms with van der Waals surface area (Å²) in [4.78, 5) is 16.3. The van der Waals surface area contributed by atoms with Crippen LogP contribution in [0.3, 0.4) is 0 Å². The SMILES string of the molecule is Cc1ncc(N)cc1C(=O)NCC1CCCCC1C. The number of nitrogens with one attached hydrogen (secondary N) is 1. The predicted molar refractivity (Wildman–Crippen MR) is 76.8 cm³/mol. The van der Waals surface area contributed by atoms with Gasteiger partial charge in [0.1, 0.15) is 0 Å². The first-order valence-corrected chi connectivity index (χ1v) is 7.08. The first-order chi connectivity index (χ1) is 9.08. The third kappa shape index (κ3) is 3.46. The second kappa shape index (κ2) is 6.04. The first kappa shape index (κ1) is 13.8. The number of carbonyl (C=O) groups is 1. The zero-order valence-corrected chi connectivity index (χ0v) is 11.8. The highest BCUT2D eigenvalue weighted by Crippen LogP contribution is 2.28. The summed E-state index contributed by atoms with van der Waals surface area (Å²) in [5.74, 6) is 1.25. The van der Waals surface area contributed by atoms with Gasteiger partial charge in [-0.1, -0.05) is 26.2 Å². The van der Waals surface area contributed by atoms with Gasteiger partial charge in [-0.3, -0.25) is 9.78 Å². The minimum atomic E-state index is -0.0601. The van der Waals surface area contributed by atoms with Gasteiger partial charge >= 0.3 is 0 Å². The average molecular weight is 261 g/mol. The molecule has 1 fully saturated rings. The Hall–Kier alpha value is -1.58. The van der Waals surface area contributed by atoms with Crippen LogP contribution in [-0.4, -0.2) is 17.4 Å². The highest BCUT2D eigenvalue weighted by molar-refractivity contribution is 5.95. The van der Waals surface area contributed by atoms with Crippen molar-refractivity contribution in [3.63, 3.8) is 0 Å². The van der Waals surface area contributed by atoms with Gasteiger partial charge in [0.05, 0.1) is 23.1 Å². The van der Waals surface area contributed by atoms with Crippen molar-refractivity contribution in [3.8, 4) is 0 Å². The number of nitrogens with zero attached hydrogens (tertiary/aromatic N) is 1. The van der Waals surface area contributed by atoms with Crippen molar-refractivity contribution in [2.75, 3.05) is 12.3 Å². The lowest BCUT2D eigenvalue weighted by Gasteiger charge is -2.28. The van der Waals surface area contributed by atoms with Gasteiger partial charge in [-0.2, -0.15) is 0 Å². The molecule has 0 aromatic carbocycles. The molecule has 1 amide bonds. The van der Waals surface area contributed by atoms with E-state index >= 15 is 0 Å². The fourth-order valence-electron chi connectivity index (χ4n) is 2.79. The van der Waals surface area contributed by atoms with E-state index < -0.39 is 0 Å². The Morgan fingerprint density at radius 1 is 1.47 bits per heavy atom. The lowest BCUT2D eigenvalue weighted by molar-refractivity contribution is 0.0935. The molecular formula is C15H23N3O. The van der Waals surface area contributed by atoms with Crippen LogP contribution < -0.4 is 11.1 Å². The number of nitrogen functional groups attached to an aromatic ring is 1. The number of pyridine rings is 1. The number of aryl methyl sites for hydroxylation is 1. The second-order valence-corrected chi connectivity index (χ2v) is 5.63. The van der Waals surface area contributed by atoms with E-state index in [0.29, 0.717) is 23.1 Å². The quantitative estimate of drug-likeness (QED) is 0.878. The lowest BCUT2D eigenvalue weighted by Crippen LogP contribution is -2.33. The Bertz CT molecular complexity index is 459. The highest BCUT2D eigenvalue weighted by Gasteiger charge is 2.22. The number of hydrogen-bond acceptors (Lipinski definition) is 3. The van der Waals surface area contributed by atoms with Crippen LogP contribution in [0.15, 0.2) is 12.3 Å². The van der Waals surface area contributed by atoms with Crippen LogP contribution in [0.2, 0.25) is 0 Å². The molecule has 3 N–H and O–H groups in total. The van der Waals surface area contributed by atoms with Gasteiger partial charge in [0.25, 0.3) is 5.91 Å². The predicted octanol–water partition coefficient (Wildman–Crippen LogP) is 2.53. The van der Waals surface area contributed by atoms with Gasteiger partial charge < -0.3 is 11.1 Å². The van der Waals surface area contributed by atoms with E-state index in [9.17, 15) is 4.79 Å². The molecule has 4 heteroatoms. The molecule has 0 saturated heterocycles. The lowest BCUT2D eigenvalue weighted by atomic mass is 9.80. The van der Waals surface area contributed by atoms with Crippen LogP contribution in [0.4, 0.5) is 5.69 Å². The van der Waals surface area contributed by atoms with E-state index in [4.69, 9.17) is 5.73 Å². The standard InChI is InChI=1S/C15H23N3O/c1-10-5-3-4-6-12(10)8-18-15(19)14-7-13(16)9-17-11(14)2/h7,9-10,12H,3-6,8,16H2,1-2H3,(H,18,19). The van der Waals surface area contributed by atoms with Crippen LogP contribution in [0.1, 0.15) is 48.7 Å². The van der Waals surface area contributed by atoms with Gasteiger partial charge in [0.15, 0.2) is 0 Å². The van der Waals surface area contributed by atoms with Crippen molar-refractivity contribution in [1.82, 2.24) is 10.3 Å². The molecular weight excluding hydrogens is 238 g/mol. The zero-order valence-electron chi connectivity index (χ0n) is 11.8. The Kier molecular flexibility index (Phi) is 4.40. The van der Waals surface area contributed by atoms with E-state index in [0.717, 1.165) is 12.2 Å². The molecule has 1 aromatic heterocycles. The number of nitrogens with two attached hydrogens (primary N) is 1. The minimum absolute atomic E-state index is 0.0601. The Labute approximate surface area is 114 Å². The minimum Gasteiger partial charge on any atom is -0.397 e. The summed E-state index contributed by atoms with van der Waals surface area (Å²) in [6.45, 7) is 4.87. The smallest absolute Gasteiger partial charge is 0.253 e. The van der Waals surface area contributed by atoms with Crippen LogP contribution in [0.25, 0.3) is 0 Å². The summed E-state index contributed by atoms with van der Waals surface area (Å²) in [6.07, 6.45) is 6.68. The van der Waals surface area contributed by atoms with Gasteiger partial charge in [-0.25, -0.2) is 0 Å². The molecule has 104 valence electrons. The molecule has 2 atom stereocenters. The number of hydrogen-bond donors (Lipinski definition) is 2. The Morgan fingerprint density at radius 3 is 2.95 bits per heavy atom. The molecule has 0 bridgehead atoms. The number of anilines is 1. The molecule has 1 aliphatic carbocycles. The van der Waals surface area contributed by atoms with E-state index in [-0.39, 0.29) is 5.91 Å². The van der Waals surface area contributed by atoms with Gasteiger partial charge in [-0.05, 0) is 31.2 Å². The van der Waals surface area contributed by atoms with Crippen LogP contribution in [0.5, 0.6) is 0 Å². The van der Waals surface area contributed by atoms with E-state index in [1.165, 1.54) is 25.7 Å². The number of amides is 1. The fourth-order valence-corrected chi connectivity index (χ4v) is 2.79. The number of rotatable bonds is 3. The fraction of sp³-hybridized carbons (Fsp3) is 0.600. The zero-order chi connectivity index (χ0) is 13.8. The van der Waals surface area contributed by atoms with Crippen LogP contribution >= 0.6 is 0 Å². The van der Waals surface area contributed by atoms with E-state index in [1.54, 1.807) is 12.3 Å². The van der Waals surface area contributed by atoms with E-state index in [2.05, 4.69) is 17.2 Å². The molecule has 0 spiro atoms. The molecule has 2 rings (SSSR count). The molecule has 1 heterocycles. The summed E-state index contributed by atoms with van der Waals surface area (Å²) < 4.78 is 0. The van der Waals surface area contributed by atoms with Crippen molar-refractivity contribution in [1.29, 1.82) is 0 Å². The molecule has 1 aliphatic rings. The normalized spacial score (nSPS) is 23.1. The van der Waals surface area contributed by atoms with Gasteiger partial charge in [0, 0.05) is 6.54 Å². The van der Waals surface area contributed by atoms with Crippen LogP contribution in [0, 0.1) is 18.8 Å². The van der Waals surface area contributed by atoms with Crippen molar-refractivity contribution >= 4 is 11.6 Å². The van der Waals surface area contributed by atoms with Crippen molar-refractivity contribution in [2.45, 2.75) is 39.5 Å². The maximum absolute atomic E-state index is 12.2. The highest BCUT2D eigenvalue weighted by atomic mass is 16.1. The number of aromatic nitrogens is 1. The summed E-state index contributed by atoms with van der Waals surface area (Å²) in [6, 6.07) is 1.70. The molecule has 0 radical (unpaired) electrons. The van der Waals surface area contributed by atoms with E-state index in [1.807, 2.05) is 6.92 Å². The summed E-state index contributed by atoms with van der Waals surface area (Å²) in [5, 5.41) is 3.03. The second-order valence-electron chi connectivity index (χ2n) is 5.63. The van der Waals surface area contributed by atoms with Gasteiger partial charge in [-0.15, -0.1) is 0 Å². The summed E-state index contributed by atoms with van der Waals surface area (Å²) >= 11 is 0. The average Bonchev–Trinajstić information content (AvgIpc) is 2.40. The Morgan fingerprint density at radius 2 is 2.21 bits per heavy atom. The molecule has 19 heavy (non-hydrogen) atoms. The first-order valence-electron chi connectivity index (χ1n) is 7.08. The number of carbonyl (C=O) groups excluding carboxylic acids is 1. The topological polar surface area (TPSA) is 68.0 Å². The third-order valence-electron chi connectivity index (χ3n) is 4.17. The van der Waals surface area contributed by atoms with Gasteiger partial charge in [0.2, 0.25) is 0 Å². The monoisotopic (exact) mass is 261 g/mol. The Balaban J connectivity index is 1.95. The van der Waals surface area contributed by atoms with Crippen molar-refractivity contribution < 1.29 is 4.79 Å². The molecule has 2 unspecified atom stereocenters. The maximum Gasteiger partial charge on any atom is 0.253 e. The van der Waals surface area contributed by atoms with Crippen LogP contribution in [-0.2, 0) is 0 Å². The third-order valence-corrected chi connectivity index (χ3v) is 4.17. The van der Waals surface area contributed by atoms with Crippen molar-refractivity contribution in [3.05, 3.63) is 23.5 Å². The molecule has 4 nitrogen and oxygen atoms in total. The summed E-state index contributed by atoms with van der Waals surface area (Å²) in [5.41, 5.74) is 7.53.